The van der Waals surface area contributed by atoms with Crippen LogP contribution >= 0.6 is 15.9 Å². The van der Waals surface area contributed by atoms with Gasteiger partial charge in [-0.1, -0.05) is 15.9 Å². The minimum atomic E-state index is -2.51. The molecule has 0 atom stereocenters. The van der Waals surface area contributed by atoms with E-state index >= 15 is 0 Å². The van der Waals surface area contributed by atoms with Crippen LogP contribution in [0.5, 0.6) is 0 Å². The van der Waals surface area contributed by atoms with Gasteiger partial charge in [0.2, 0.25) is 0 Å². The number of nitrogens with zero attached hydrogens (tertiary/aromatic N) is 1. The van der Waals surface area contributed by atoms with Gasteiger partial charge in [-0.3, -0.25) is 5.10 Å². The first-order chi connectivity index (χ1) is 6.18. The van der Waals surface area contributed by atoms with E-state index in [1.165, 1.54) is 0 Å². The van der Waals surface area contributed by atoms with Crippen molar-refractivity contribution in [2.45, 2.75) is 6.43 Å². The molecule has 13 heavy (non-hydrogen) atoms. The summed E-state index contributed by atoms with van der Waals surface area (Å²) in [5, 5.41) is 6.56. The second-order valence-corrected chi connectivity index (χ2v) is 3.52. The van der Waals surface area contributed by atoms with Crippen molar-refractivity contribution in [2.24, 2.45) is 0 Å². The minimum absolute atomic E-state index is 0.123. The lowest BCUT2D eigenvalue weighted by atomic mass is 10.2. The highest BCUT2D eigenvalue weighted by molar-refractivity contribution is 9.10. The van der Waals surface area contributed by atoms with Crippen LogP contribution in [-0.4, -0.2) is 10.2 Å². The Hall–Kier alpha value is -0.970. The van der Waals surface area contributed by atoms with E-state index in [9.17, 15) is 8.78 Å². The second-order valence-electron chi connectivity index (χ2n) is 2.60. The fourth-order valence-electron chi connectivity index (χ4n) is 1.17. The number of H-pyrrole nitrogens is 1. The van der Waals surface area contributed by atoms with Crippen LogP contribution in [0.4, 0.5) is 8.78 Å². The highest BCUT2D eigenvalue weighted by Crippen LogP contribution is 2.26. The molecule has 2 aromatic rings. The van der Waals surface area contributed by atoms with Gasteiger partial charge >= 0.3 is 0 Å². The van der Waals surface area contributed by atoms with E-state index in [0.717, 1.165) is 4.47 Å². The number of rotatable bonds is 1. The maximum absolute atomic E-state index is 12.3. The Bertz CT molecular complexity index is 439. The van der Waals surface area contributed by atoms with Gasteiger partial charge in [0, 0.05) is 9.86 Å². The number of alkyl halides is 2. The van der Waals surface area contributed by atoms with Gasteiger partial charge in [0.25, 0.3) is 6.43 Å². The number of aromatic amines is 1. The minimum Gasteiger partial charge on any atom is -0.276 e. The van der Waals surface area contributed by atoms with E-state index in [-0.39, 0.29) is 5.69 Å². The van der Waals surface area contributed by atoms with Crippen LogP contribution in [0, 0.1) is 0 Å². The number of nitrogens with one attached hydrogen (secondary N) is 1. The molecule has 0 aliphatic heterocycles. The molecule has 1 heterocycles. The average molecular weight is 247 g/mol. The average Bonchev–Trinajstić information content (AvgIpc) is 2.46. The van der Waals surface area contributed by atoms with Crippen LogP contribution in [0.15, 0.2) is 22.7 Å². The van der Waals surface area contributed by atoms with Gasteiger partial charge in [-0.2, -0.15) is 5.10 Å². The maximum atomic E-state index is 12.3. The normalized spacial score (nSPS) is 11.4. The fourth-order valence-corrected chi connectivity index (χ4v) is 1.52. The lowest BCUT2D eigenvalue weighted by Crippen LogP contribution is -1.83. The van der Waals surface area contributed by atoms with Crippen molar-refractivity contribution in [3.63, 3.8) is 0 Å². The molecule has 2 nitrogen and oxygen atoms in total. The molecule has 0 aliphatic carbocycles. The number of aromatic nitrogens is 2. The zero-order valence-electron chi connectivity index (χ0n) is 6.39. The van der Waals surface area contributed by atoms with Gasteiger partial charge in [0.05, 0.1) is 5.52 Å². The summed E-state index contributed by atoms with van der Waals surface area (Å²) in [6.45, 7) is 0. The molecule has 0 radical (unpaired) electrons. The van der Waals surface area contributed by atoms with E-state index in [0.29, 0.717) is 10.9 Å². The second kappa shape index (κ2) is 3.06. The number of hydrogen-bond donors (Lipinski definition) is 1. The molecule has 68 valence electrons. The van der Waals surface area contributed by atoms with E-state index in [1.807, 2.05) is 0 Å². The highest BCUT2D eigenvalue weighted by Gasteiger charge is 2.14. The molecule has 0 amide bonds. The highest BCUT2D eigenvalue weighted by atomic mass is 79.9. The summed E-state index contributed by atoms with van der Waals surface area (Å²) in [6, 6.07) is 5.02. The smallest absolute Gasteiger partial charge is 0.276 e. The maximum Gasteiger partial charge on any atom is 0.280 e. The van der Waals surface area contributed by atoms with Gasteiger partial charge in [-0.05, 0) is 18.2 Å². The van der Waals surface area contributed by atoms with E-state index in [1.54, 1.807) is 18.2 Å². The summed E-state index contributed by atoms with van der Waals surface area (Å²) in [4.78, 5) is 0. The first kappa shape index (κ1) is 8.62. The molecular weight excluding hydrogens is 242 g/mol. The van der Waals surface area contributed by atoms with Gasteiger partial charge < -0.3 is 0 Å². The summed E-state index contributed by atoms with van der Waals surface area (Å²) in [7, 11) is 0. The van der Waals surface area contributed by atoms with Gasteiger partial charge in [-0.25, -0.2) is 8.78 Å². The van der Waals surface area contributed by atoms with Crippen molar-refractivity contribution >= 4 is 26.8 Å². The van der Waals surface area contributed by atoms with Crippen LogP contribution in [0.25, 0.3) is 10.9 Å². The molecule has 5 heteroatoms. The SMILES string of the molecule is FC(F)c1[nH]nc2cc(Br)ccc12. The van der Waals surface area contributed by atoms with E-state index in [2.05, 4.69) is 26.1 Å². The molecule has 0 fully saturated rings. The lowest BCUT2D eigenvalue weighted by Gasteiger charge is -1.94. The third-order valence-electron chi connectivity index (χ3n) is 1.76. The fraction of sp³-hybridized carbons (Fsp3) is 0.125. The van der Waals surface area contributed by atoms with Crippen LogP contribution in [0.1, 0.15) is 12.1 Å². The molecule has 0 spiro atoms. The summed E-state index contributed by atoms with van der Waals surface area (Å²) >= 11 is 3.24. The molecular formula is C8H5BrF2N2. The Balaban J connectivity index is 2.69. The first-order valence-corrected chi connectivity index (χ1v) is 4.39. The number of fused-ring (bicyclic) bond motifs is 1. The molecule has 0 aliphatic rings. The molecule has 0 bridgehead atoms. The molecule has 0 saturated heterocycles. The summed E-state index contributed by atoms with van der Waals surface area (Å²) < 4.78 is 25.5. The topological polar surface area (TPSA) is 28.7 Å². The zero-order chi connectivity index (χ0) is 9.42. The predicted molar refractivity (Wildman–Crippen MR) is 48.8 cm³/mol. The largest absolute Gasteiger partial charge is 0.280 e. The monoisotopic (exact) mass is 246 g/mol. The molecule has 2 rings (SSSR count). The van der Waals surface area contributed by atoms with Crippen LogP contribution in [-0.2, 0) is 0 Å². The predicted octanol–water partition coefficient (Wildman–Crippen LogP) is 3.26. The molecule has 1 N–H and O–H groups in total. The zero-order valence-corrected chi connectivity index (χ0v) is 7.98. The quantitative estimate of drug-likeness (QED) is 0.823. The summed E-state index contributed by atoms with van der Waals surface area (Å²) in [6.07, 6.45) is -2.51. The number of halogens is 3. The van der Waals surface area contributed by atoms with E-state index < -0.39 is 6.43 Å². The Morgan fingerprint density at radius 1 is 1.38 bits per heavy atom. The van der Waals surface area contributed by atoms with Crippen LogP contribution in [0.2, 0.25) is 0 Å². The van der Waals surface area contributed by atoms with Gasteiger partial charge in [0.15, 0.2) is 0 Å². The van der Waals surface area contributed by atoms with Crippen molar-refractivity contribution in [3.8, 4) is 0 Å². The van der Waals surface area contributed by atoms with Crippen molar-refractivity contribution < 1.29 is 8.78 Å². The van der Waals surface area contributed by atoms with Gasteiger partial charge in [0.1, 0.15) is 5.69 Å². The van der Waals surface area contributed by atoms with Crippen molar-refractivity contribution in [2.75, 3.05) is 0 Å². The Kier molecular flexibility index (Phi) is 2.03. The van der Waals surface area contributed by atoms with Crippen molar-refractivity contribution in [1.29, 1.82) is 0 Å². The molecule has 0 saturated carbocycles. The van der Waals surface area contributed by atoms with Gasteiger partial charge in [-0.15, -0.1) is 0 Å². The van der Waals surface area contributed by atoms with Crippen molar-refractivity contribution in [1.82, 2.24) is 10.2 Å². The third-order valence-corrected chi connectivity index (χ3v) is 2.26. The Labute approximate surface area is 81.1 Å². The molecule has 1 aromatic heterocycles. The third kappa shape index (κ3) is 1.44. The van der Waals surface area contributed by atoms with Crippen LogP contribution in [0.3, 0.4) is 0 Å². The van der Waals surface area contributed by atoms with E-state index in [4.69, 9.17) is 0 Å². The first-order valence-electron chi connectivity index (χ1n) is 3.60. The number of benzene rings is 1. The Morgan fingerprint density at radius 2 is 2.15 bits per heavy atom. The summed E-state index contributed by atoms with van der Waals surface area (Å²) in [5.41, 5.74) is 0.423. The summed E-state index contributed by atoms with van der Waals surface area (Å²) in [5.74, 6) is 0. The molecule has 0 unspecified atom stereocenters. The lowest BCUT2D eigenvalue weighted by molar-refractivity contribution is 0.147. The van der Waals surface area contributed by atoms with Crippen molar-refractivity contribution in [3.05, 3.63) is 28.4 Å². The Morgan fingerprint density at radius 3 is 2.85 bits per heavy atom. The van der Waals surface area contributed by atoms with Crippen LogP contribution < -0.4 is 0 Å². The molecule has 1 aromatic carbocycles. The number of hydrogen-bond acceptors (Lipinski definition) is 1. The standard InChI is InChI=1S/C8H5BrF2N2/c9-4-1-2-5-6(3-4)12-13-7(5)8(10)11/h1-3,8H,(H,12,13).